The fourth-order valence-electron chi connectivity index (χ4n) is 3.37. The van der Waals surface area contributed by atoms with Crippen molar-refractivity contribution in [2.45, 2.75) is 31.7 Å². The zero-order chi connectivity index (χ0) is 14.9. The van der Waals surface area contributed by atoms with E-state index in [9.17, 15) is 0 Å². The smallest absolute Gasteiger partial charge is 0.112 e. The number of imidazole rings is 1. The second-order valence-electron chi connectivity index (χ2n) is 6.49. The molecule has 0 radical (unpaired) electrons. The Bertz CT molecular complexity index is 680. The summed E-state index contributed by atoms with van der Waals surface area (Å²) in [6.07, 6.45) is 8.26. The van der Waals surface area contributed by atoms with Crippen LogP contribution in [-0.4, -0.2) is 27.5 Å². The molecule has 2 aliphatic rings. The van der Waals surface area contributed by atoms with Crippen LogP contribution in [0.25, 0.3) is 6.08 Å². The van der Waals surface area contributed by atoms with Gasteiger partial charge in [-0.05, 0) is 18.4 Å². The fraction of sp³-hybridized carbons (Fsp3) is 0.421. The van der Waals surface area contributed by atoms with E-state index in [1.54, 1.807) is 0 Å². The average molecular weight is 293 g/mol. The normalized spacial score (nSPS) is 18.8. The molecule has 1 aliphatic heterocycles. The van der Waals surface area contributed by atoms with Crippen LogP contribution in [0.4, 0.5) is 0 Å². The molecule has 0 spiro atoms. The van der Waals surface area contributed by atoms with Gasteiger partial charge < -0.3 is 4.57 Å². The standard InChI is InChI=1S/C19H23N3/c1-21-18-11-13-22(12-5-8-15-6-3-2-4-7-15)14-17(18)20-19(21)16-9-10-16/h2-8,16H,9-14H2,1H3/b8-5+. The van der Waals surface area contributed by atoms with E-state index in [-0.39, 0.29) is 0 Å². The van der Waals surface area contributed by atoms with Gasteiger partial charge in [-0.1, -0.05) is 42.5 Å². The molecule has 2 aromatic rings. The Balaban J connectivity index is 1.41. The Morgan fingerprint density at radius 2 is 2.05 bits per heavy atom. The second kappa shape index (κ2) is 5.73. The molecule has 3 heteroatoms. The Morgan fingerprint density at radius 1 is 1.23 bits per heavy atom. The molecule has 1 aromatic carbocycles. The summed E-state index contributed by atoms with van der Waals surface area (Å²) in [6.45, 7) is 3.13. The molecule has 4 rings (SSSR count). The van der Waals surface area contributed by atoms with Crippen molar-refractivity contribution in [1.29, 1.82) is 0 Å². The van der Waals surface area contributed by atoms with Gasteiger partial charge in [-0.15, -0.1) is 0 Å². The van der Waals surface area contributed by atoms with Gasteiger partial charge in [0.2, 0.25) is 0 Å². The van der Waals surface area contributed by atoms with Crippen LogP contribution in [0.5, 0.6) is 0 Å². The summed E-state index contributed by atoms with van der Waals surface area (Å²) in [4.78, 5) is 7.42. The third kappa shape index (κ3) is 2.73. The monoisotopic (exact) mass is 293 g/mol. The lowest BCUT2D eigenvalue weighted by atomic mass is 10.1. The van der Waals surface area contributed by atoms with E-state index < -0.39 is 0 Å². The summed E-state index contributed by atoms with van der Waals surface area (Å²) in [5.74, 6) is 2.06. The molecule has 2 heterocycles. The number of rotatable bonds is 4. The third-order valence-electron chi connectivity index (χ3n) is 4.79. The molecule has 0 amide bonds. The van der Waals surface area contributed by atoms with Crippen LogP contribution in [0.3, 0.4) is 0 Å². The Labute approximate surface area is 132 Å². The second-order valence-corrected chi connectivity index (χ2v) is 6.49. The quantitative estimate of drug-likeness (QED) is 0.862. The zero-order valence-corrected chi connectivity index (χ0v) is 13.2. The van der Waals surface area contributed by atoms with E-state index in [0.29, 0.717) is 0 Å². The maximum atomic E-state index is 4.93. The highest BCUT2D eigenvalue weighted by atomic mass is 15.2. The van der Waals surface area contributed by atoms with E-state index in [4.69, 9.17) is 4.98 Å². The third-order valence-corrected chi connectivity index (χ3v) is 4.79. The van der Waals surface area contributed by atoms with E-state index >= 15 is 0 Å². The van der Waals surface area contributed by atoms with Crippen molar-refractivity contribution in [3.8, 4) is 0 Å². The van der Waals surface area contributed by atoms with Gasteiger partial charge in [0.15, 0.2) is 0 Å². The minimum absolute atomic E-state index is 0.738. The Hall–Kier alpha value is -1.87. The first-order chi connectivity index (χ1) is 10.8. The summed E-state index contributed by atoms with van der Waals surface area (Å²) in [5.41, 5.74) is 4.04. The highest BCUT2D eigenvalue weighted by molar-refractivity contribution is 5.48. The molecule has 1 fully saturated rings. The Kier molecular flexibility index (Phi) is 3.59. The molecule has 1 aliphatic carbocycles. The summed E-state index contributed by atoms with van der Waals surface area (Å²) in [5, 5.41) is 0. The van der Waals surface area contributed by atoms with E-state index in [0.717, 1.165) is 32.0 Å². The number of hydrogen-bond donors (Lipinski definition) is 0. The van der Waals surface area contributed by atoms with Gasteiger partial charge in [-0.2, -0.15) is 0 Å². The van der Waals surface area contributed by atoms with Crippen LogP contribution in [0.15, 0.2) is 36.4 Å². The summed E-state index contributed by atoms with van der Waals surface area (Å²) >= 11 is 0. The van der Waals surface area contributed by atoms with Gasteiger partial charge >= 0.3 is 0 Å². The topological polar surface area (TPSA) is 21.1 Å². The zero-order valence-electron chi connectivity index (χ0n) is 13.2. The molecule has 0 atom stereocenters. The van der Waals surface area contributed by atoms with Crippen molar-refractivity contribution in [3.63, 3.8) is 0 Å². The van der Waals surface area contributed by atoms with Gasteiger partial charge in [0.25, 0.3) is 0 Å². The van der Waals surface area contributed by atoms with E-state index in [1.807, 2.05) is 0 Å². The summed E-state index contributed by atoms with van der Waals surface area (Å²) in [7, 11) is 2.20. The van der Waals surface area contributed by atoms with Crippen LogP contribution in [0.1, 0.15) is 41.5 Å². The molecule has 3 nitrogen and oxygen atoms in total. The molecule has 22 heavy (non-hydrogen) atoms. The first kappa shape index (κ1) is 13.8. The molecule has 1 aromatic heterocycles. The maximum Gasteiger partial charge on any atom is 0.112 e. The van der Waals surface area contributed by atoms with Crippen LogP contribution < -0.4 is 0 Å². The minimum Gasteiger partial charge on any atom is -0.335 e. The number of nitrogens with zero attached hydrogens (tertiary/aromatic N) is 3. The first-order valence-electron chi connectivity index (χ1n) is 8.29. The lowest BCUT2D eigenvalue weighted by Gasteiger charge is -2.25. The first-order valence-corrected chi connectivity index (χ1v) is 8.29. The highest BCUT2D eigenvalue weighted by Gasteiger charge is 2.31. The number of hydrogen-bond acceptors (Lipinski definition) is 2. The van der Waals surface area contributed by atoms with Crippen LogP contribution in [0.2, 0.25) is 0 Å². The molecule has 1 saturated carbocycles. The lowest BCUT2D eigenvalue weighted by molar-refractivity contribution is 0.276. The van der Waals surface area contributed by atoms with Crippen molar-refractivity contribution in [1.82, 2.24) is 14.5 Å². The van der Waals surface area contributed by atoms with Gasteiger partial charge in [0.1, 0.15) is 5.82 Å². The largest absolute Gasteiger partial charge is 0.335 e. The van der Waals surface area contributed by atoms with Gasteiger partial charge in [0.05, 0.1) is 5.69 Å². The molecular weight excluding hydrogens is 270 g/mol. The number of fused-ring (bicyclic) bond motifs is 1. The van der Waals surface area contributed by atoms with Gasteiger partial charge in [-0.3, -0.25) is 4.90 Å². The molecule has 114 valence electrons. The van der Waals surface area contributed by atoms with E-state index in [1.165, 1.54) is 35.6 Å². The maximum absolute atomic E-state index is 4.93. The predicted molar refractivity (Wildman–Crippen MR) is 89.6 cm³/mol. The highest BCUT2D eigenvalue weighted by Crippen LogP contribution is 2.40. The van der Waals surface area contributed by atoms with E-state index in [2.05, 4.69) is 59.0 Å². The Morgan fingerprint density at radius 3 is 2.82 bits per heavy atom. The average Bonchev–Trinajstić information content (AvgIpc) is 3.33. The van der Waals surface area contributed by atoms with Crippen molar-refractivity contribution in [2.75, 3.05) is 13.1 Å². The van der Waals surface area contributed by atoms with Gasteiger partial charge in [0, 0.05) is 44.7 Å². The molecule has 0 unspecified atom stereocenters. The molecule has 0 bridgehead atoms. The van der Waals surface area contributed by atoms with Crippen molar-refractivity contribution >= 4 is 6.08 Å². The van der Waals surface area contributed by atoms with Crippen molar-refractivity contribution in [3.05, 3.63) is 59.2 Å². The van der Waals surface area contributed by atoms with Gasteiger partial charge in [-0.25, -0.2) is 4.98 Å². The number of benzene rings is 1. The molecule has 0 N–H and O–H groups in total. The van der Waals surface area contributed by atoms with Crippen LogP contribution in [-0.2, 0) is 20.0 Å². The lowest BCUT2D eigenvalue weighted by Crippen LogP contribution is -2.31. The SMILES string of the molecule is Cn1c(C2CC2)nc2c1CCN(C/C=C/c1ccccc1)C2. The predicted octanol–water partition coefficient (Wildman–Crippen LogP) is 3.37. The summed E-state index contributed by atoms with van der Waals surface area (Å²) < 4.78 is 2.37. The molecular formula is C19H23N3. The van der Waals surface area contributed by atoms with Crippen LogP contribution in [0, 0.1) is 0 Å². The van der Waals surface area contributed by atoms with Crippen molar-refractivity contribution < 1.29 is 0 Å². The fourth-order valence-corrected chi connectivity index (χ4v) is 3.37. The van der Waals surface area contributed by atoms with Crippen LogP contribution >= 0.6 is 0 Å². The van der Waals surface area contributed by atoms with Crippen molar-refractivity contribution in [2.24, 2.45) is 7.05 Å². The summed E-state index contributed by atoms with van der Waals surface area (Å²) in [6, 6.07) is 10.5. The molecule has 0 saturated heterocycles. The minimum atomic E-state index is 0.738. The number of aromatic nitrogens is 2.